The van der Waals surface area contributed by atoms with Crippen LogP contribution in [0.4, 0.5) is 0 Å². The first-order valence-electron chi connectivity index (χ1n) is 7.77. The van der Waals surface area contributed by atoms with Gasteiger partial charge in [-0.2, -0.15) is 0 Å². The topological polar surface area (TPSA) is 46.3 Å². The minimum absolute atomic E-state index is 0.179. The lowest BCUT2D eigenvalue weighted by atomic mass is 9.87. The average molecular weight is 274 g/mol. The van der Waals surface area contributed by atoms with Gasteiger partial charge in [0.1, 0.15) is 0 Å². The van der Waals surface area contributed by atoms with Crippen LogP contribution in [0.3, 0.4) is 0 Å². The fraction of sp³-hybridized carbons (Fsp3) is 0.588. The highest BCUT2D eigenvalue weighted by atomic mass is 16.2. The van der Waals surface area contributed by atoms with Crippen molar-refractivity contribution in [2.45, 2.75) is 52.1 Å². The average Bonchev–Trinajstić information content (AvgIpc) is 2.49. The van der Waals surface area contributed by atoms with E-state index in [-0.39, 0.29) is 5.91 Å². The molecule has 1 aromatic carbocycles. The van der Waals surface area contributed by atoms with E-state index in [1.807, 2.05) is 24.3 Å². The minimum Gasteiger partial charge on any atom is -0.335 e. The summed E-state index contributed by atoms with van der Waals surface area (Å²) in [5.74, 6) is 0.787. The summed E-state index contributed by atoms with van der Waals surface area (Å²) in [6, 6.07) is 8.13. The van der Waals surface area contributed by atoms with Crippen LogP contribution in [0.5, 0.6) is 0 Å². The van der Waals surface area contributed by atoms with Gasteiger partial charge in [-0.15, -0.1) is 0 Å². The molecule has 110 valence electrons. The van der Waals surface area contributed by atoms with E-state index >= 15 is 0 Å². The van der Waals surface area contributed by atoms with Crippen molar-refractivity contribution in [3.05, 3.63) is 35.4 Å². The quantitative estimate of drug-likeness (QED) is 0.916. The van der Waals surface area contributed by atoms with Crippen LogP contribution in [-0.4, -0.2) is 23.4 Å². The van der Waals surface area contributed by atoms with Gasteiger partial charge in [0.05, 0.1) is 0 Å². The fourth-order valence-electron chi connectivity index (χ4n) is 3.19. The largest absolute Gasteiger partial charge is 0.335 e. The molecule has 1 heterocycles. The normalized spacial score (nSPS) is 22.9. The predicted octanol–water partition coefficient (Wildman–Crippen LogP) is 3.19. The number of hydrogen-bond donors (Lipinski definition) is 1. The number of benzene rings is 1. The minimum atomic E-state index is 0.179. The van der Waals surface area contributed by atoms with Crippen molar-refractivity contribution in [1.29, 1.82) is 0 Å². The first kappa shape index (κ1) is 15.0. The van der Waals surface area contributed by atoms with E-state index in [2.05, 4.69) is 18.7 Å². The van der Waals surface area contributed by atoms with Crippen LogP contribution in [0.15, 0.2) is 24.3 Å². The van der Waals surface area contributed by atoms with Crippen molar-refractivity contribution in [2.75, 3.05) is 6.54 Å². The molecule has 2 atom stereocenters. The molecule has 0 aromatic heterocycles. The molecule has 0 aliphatic carbocycles. The number of hydrogen-bond acceptors (Lipinski definition) is 2. The van der Waals surface area contributed by atoms with Crippen LogP contribution < -0.4 is 5.73 Å². The van der Waals surface area contributed by atoms with Crippen LogP contribution in [0, 0.1) is 5.92 Å². The Labute approximate surface area is 122 Å². The molecule has 1 aliphatic heterocycles. The number of carbonyl (C=O) groups is 1. The summed E-state index contributed by atoms with van der Waals surface area (Å²) < 4.78 is 0. The van der Waals surface area contributed by atoms with Crippen LogP contribution in [-0.2, 0) is 6.54 Å². The molecule has 0 radical (unpaired) electrons. The summed E-state index contributed by atoms with van der Waals surface area (Å²) in [6.45, 7) is 5.89. The molecule has 0 saturated carbocycles. The highest BCUT2D eigenvalue weighted by Crippen LogP contribution is 2.28. The Morgan fingerprint density at radius 3 is 2.65 bits per heavy atom. The third-order valence-electron chi connectivity index (χ3n) is 4.40. The van der Waals surface area contributed by atoms with Gasteiger partial charge in [0, 0.05) is 24.7 Å². The van der Waals surface area contributed by atoms with Crippen molar-refractivity contribution in [3.63, 3.8) is 0 Å². The molecule has 1 saturated heterocycles. The zero-order valence-electron chi connectivity index (χ0n) is 12.6. The summed E-state index contributed by atoms with van der Waals surface area (Å²) in [4.78, 5) is 14.8. The molecule has 20 heavy (non-hydrogen) atoms. The molecule has 3 heteroatoms. The lowest BCUT2D eigenvalue weighted by Gasteiger charge is -2.40. The lowest BCUT2D eigenvalue weighted by Crippen LogP contribution is -2.47. The molecule has 1 fully saturated rings. The first-order valence-corrected chi connectivity index (χ1v) is 7.77. The Morgan fingerprint density at radius 2 is 2.05 bits per heavy atom. The Balaban J connectivity index is 2.16. The molecule has 3 nitrogen and oxygen atoms in total. The third kappa shape index (κ3) is 3.21. The third-order valence-corrected chi connectivity index (χ3v) is 4.40. The number of likely N-dealkylation sites (tertiary alicyclic amines) is 1. The van der Waals surface area contributed by atoms with Crippen LogP contribution in [0.25, 0.3) is 0 Å². The summed E-state index contributed by atoms with van der Waals surface area (Å²) in [5.41, 5.74) is 7.46. The number of nitrogens with zero attached hydrogens (tertiary/aromatic N) is 1. The zero-order valence-corrected chi connectivity index (χ0v) is 12.6. The number of nitrogens with two attached hydrogens (primary N) is 1. The van der Waals surface area contributed by atoms with E-state index in [1.54, 1.807) is 0 Å². The highest BCUT2D eigenvalue weighted by molar-refractivity contribution is 5.94. The predicted molar refractivity (Wildman–Crippen MR) is 82.5 cm³/mol. The van der Waals surface area contributed by atoms with E-state index < -0.39 is 0 Å². The maximum atomic E-state index is 12.7. The SMILES string of the molecule is CCCC1C(C)CCCN1C(=O)c1ccc(CN)cc1. The van der Waals surface area contributed by atoms with Gasteiger partial charge in [0.25, 0.3) is 5.91 Å². The molecule has 1 aliphatic rings. The van der Waals surface area contributed by atoms with Gasteiger partial charge in [-0.3, -0.25) is 4.79 Å². The second-order valence-corrected chi connectivity index (χ2v) is 5.88. The Morgan fingerprint density at radius 1 is 1.35 bits per heavy atom. The van der Waals surface area contributed by atoms with Gasteiger partial charge in [-0.05, 0) is 42.9 Å². The Bertz CT molecular complexity index is 441. The summed E-state index contributed by atoms with van der Waals surface area (Å²) in [7, 11) is 0. The van der Waals surface area contributed by atoms with Gasteiger partial charge in [-0.25, -0.2) is 0 Å². The van der Waals surface area contributed by atoms with Crippen LogP contribution in [0.1, 0.15) is 55.5 Å². The van der Waals surface area contributed by atoms with E-state index in [0.29, 0.717) is 18.5 Å². The monoisotopic (exact) mass is 274 g/mol. The lowest BCUT2D eigenvalue weighted by molar-refractivity contribution is 0.0497. The molecule has 0 spiro atoms. The molecule has 2 N–H and O–H groups in total. The second kappa shape index (κ2) is 6.89. The van der Waals surface area contributed by atoms with E-state index in [4.69, 9.17) is 5.73 Å². The van der Waals surface area contributed by atoms with Gasteiger partial charge < -0.3 is 10.6 Å². The van der Waals surface area contributed by atoms with Gasteiger partial charge in [0.2, 0.25) is 0 Å². The summed E-state index contributed by atoms with van der Waals surface area (Å²) in [6.07, 6.45) is 4.59. The standard InChI is InChI=1S/C17H26N2O/c1-3-5-16-13(2)6-4-11-19(16)17(20)15-9-7-14(12-18)8-10-15/h7-10,13,16H,3-6,11-12,18H2,1-2H3. The number of carbonyl (C=O) groups excluding carboxylic acids is 1. The van der Waals surface area contributed by atoms with Crippen LogP contribution in [0.2, 0.25) is 0 Å². The summed E-state index contributed by atoms with van der Waals surface area (Å²) in [5, 5.41) is 0. The molecule has 0 bridgehead atoms. The molecule has 1 amide bonds. The number of rotatable bonds is 4. The summed E-state index contributed by atoms with van der Waals surface area (Å²) >= 11 is 0. The number of piperidine rings is 1. The van der Waals surface area contributed by atoms with Crippen molar-refractivity contribution in [3.8, 4) is 0 Å². The Kier molecular flexibility index (Phi) is 5.18. The van der Waals surface area contributed by atoms with Crippen molar-refractivity contribution in [2.24, 2.45) is 11.7 Å². The maximum absolute atomic E-state index is 12.7. The second-order valence-electron chi connectivity index (χ2n) is 5.88. The van der Waals surface area contributed by atoms with Gasteiger partial charge in [-0.1, -0.05) is 32.4 Å². The smallest absolute Gasteiger partial charge is 0.254 e. The molecule has 1 aromatic rings. The number of amides is 1. The maximum Gasteiger partial charge on any atom is 0.254 e. The highest BCUT2D eigenvalue weighted by Gasteiger charge is 2.31. The fourth-order valence-corrected chi connectivity index (χ4v) is 3.19. The molecular weight excluding hydrogens is 248 g/mol. The van der Waals surface area contributed by atoms with E-state index in [0.717, 1.165) is 36.9 Å². The van der Waals surface area contributed by atoms with Crippen molar-refractivity contribution < 1.29 is 4.79 Å². The van der Waals surface area contributed by atoms with Gasteiger partial charge >= 0.3 is 0 Å². The van der Waals surface area contributed by atoms with E-state index in [1.165, 1.54) is 6.42 Å². The molecular formula is C17H26N2O. The van der Waals surface area contributed by atoms with Crippen LogP contribution >= 0.6 is 0 Å². The van der Waals surface area contributed by atoms with Crippen molar-refractivity contribution >= 4 is 5.91 Å². The molecule has 2 unspecified atom stereocenters. The zero-order chi connectivity index (χ0) is 14.5. The van der Waals surface area contributed by atoms with Gasteiger partial charge in [0.15, 0.2) is 0 Å². The Hall–Kier alpha value is -1.35. The van der Waals surface area contributed by atoms with E-state index in [9.17, 15) is 4.79 Å². The first-order chi connectivity index (χ1) is 9.67. The van der Waals surface area contributed by atoms with Crippen molar-refractivity contribution in [1.82, 2.24) is 4.90 Å². The molecule has 2 rings (SSSR count).